The van der Waals surface area contributed by atoms with Crippen LogP contribution in [-0.2, 0) is 10.0 Å². The number of nitrogens with one attached hydrogen (secondary N) is 1. The molecule has 0 saturated heterocycles. The van der Waals surface area contributed by atoms with Crippen molar-refractivity contribution in [1.29, 1.82) is 0 Å². The van der Waals surface area contributed by atoms with Gasteiger partial charge in [0.25, 0.3) is 10.0 Å². The van der Waals surface area contributed by atoms with Crippen molar-refractivity contribution in [2.45, 2.75) is 18.7 Å². The van der Waals surface area contributed by atoms with Crippen LogP contribution in [0.5, 0.6) is 0 Å². The molecule has 1 N–H and O–H groups in total. The van der Waals surface area contributed by atoms with Gasteiger partial charge in [0.15, 0.2) is 0 Å². The summed E-state index contributed by atoms with van der Waals surface area (Å²) >= 11 is 6.91. The predicted molar refractivity (Wildman–Crippen MR) is 106 cm³/mol. The zero-order valence-corrected chi connectivity index (χ0v) is 16.6. The third-order valence-electron chi connectivity index (χ3n) is 3.41. The highest BCUT2D eigenvalue weighted by Gasteiger charge is 2.20. The summed E-state index contributed by atoms with van der Waals surface area (Å²) in [5.41, 5.74) is 2.83. The van der Waals surface area contributed by atoms with Gasteiger partial charge in [0, 0.05) is 37.0 Å². The van der Waals surface area contributed by atoms with Crippen LogP contribution in [0.15, 0.2) is 52.4 Å². The minimum atomic E-state index is -3.53. The van der Waals surface area contributed by atoms with Crippen LogP contribution in [0.1, 0.15) is 11.1 Å². The van der Waals surface area contributed by atoms with Crippen molar-refractivity contribution >= 4 is 45.7 Å². The van der Waals surface area contributed by atoms with Crippen LogP contribution < -0.4 is 4.72 Å². The molecule has 0 aromatic heterocycles. The maximum atomic E-state index is 12.4. The van der Waals surface area contributed by atoms with Gasteiger partial charge in [-0.05, 0) is 49.7 Å². The van der Waals surface area contributed by atoms with Crippen LogP contribution in [0.3, 0.4) is 0 Å². The minimum Gasteiger partial charge on any atom is -0.260 e. The third-order valence-corrected chi connectivity index (χ3v) is 6.56. The first-order valence-electron chi connectivity index (χ1n) is 7.55. The summed E-state index contributed by atoms with van der Waals surface area (Å²) < 4.78 is 29.0. The van der Waals surface area contributed by atoms with Gasteiger partial charge in [0.05, 0.1) is 10.6 Å². The van der Waals surface area contributed by atoms with Crippen LogP contribution in [-0.4, -0.2) is 31.9 Å². The molecule has 2 aromatic rings. The first-order valence-corrected chi connectivity index (χ1v) is 10.1. The predicted octanol–water partition coefficient (Wildman–Crippen LogP) is 4.13. The lowest BCUT2D eigenvalue weighted by atomic mass is 10.2. The summed E-state index contributed by atoms with van der Waals surface area (Å²) in [5.74, 6) is 0. The largest absolute Gasteiger partial charge is 0.260 e. The average Bonchev–Trinajstić information content (AvgIpc) is 2.56. The molecule has 0 spiro atoms. The van der Waals surface area contributed by atoms with Gasteiger partial charge in [-0.25, -0.2) is 13.1 Å². The second-order valence-electron chi connectivity index (χ2n) is 5.41. The number of nitrogens with zero attached hydrogens (tertiary/aromatic N) is 2. The van der Waals surface area contributed by atoms with E-state index in [4.69, 9.17) is 11.6 Å². The van der Waals surface area contributed by atoms with Crippen molar-refractivity contribution in [3.63, 3.8) is 0 Å². The van der Waals surface area contributed by atoms with E-state index >= 15 is 0 Å². The Balaban J connectivity index is 1.88. The molecule has 8 heteroatoms. The lowest BCUT2D eigenvalue weighted by Crippen LogP contribution is -2.25. The van der Waals surface area contributed by atoms with Gasteiger partial charge in [0.2, 0.25) is 0 Å². The van der Waals surface area contributed by atoms with Gasteiger partial charge >= 0.3 is 0 Å². The van der Waals surface area contributed by atoms with E-state index in [1.165, 1.54) is 10.8 Å². The molecule has 2 aromatic carbocycles. The van der Waals surface area contributed by atoms with E-state index < -0.39 is 10.0 Å². The van der Waals surface area contributed by atoms with E-state index in [0.29, 0.717) is 11.6 Å². The Kier molecular flexibility index (Phi) is 7.04. The number of aryl methyl sites for hydroxylation is 2. The van der Waals surface area contributed by atoms with Crippen LogP contribution in [0.25, 0.3) is 0 Å². The Bertz CT molecular complexity index is 853. The van der Waals surface area contributed by atoms with Crippen molar-refractivity contribution in [1.82, 2.24) is 8.43 Å². The minimum absolute atomic E-state index is 0.264. The highest BCUT2D eigenvalue weighted by atomic mass is 35.5. The topological polar surface area (TPSA) is 61.8 Å². The van der Waals surface area contributed by atoms with Gasteiger partial charge in [-0.1, -0.05) is 29.3 Å². The zero-order chi connectivity index (χ0) is 18.4. The zero-order valence-electron chi connectivity index (χ0n) is 14.2. The molecular formula is C17H20ClN3O2S2. The maximum Gasteiger partial charge on any atom is 0.253 e. The Morgan fingerprint density at radius 2 is 1.88 bits per heavy atom. The molecule has 134 valence electrons. The van der Waals surface area contributed by atoms with E-state index in [0.717, 1.165) is 28.9 Å². The van der Waals surface area contributed by atoms with Gasteiger partial charge in [-0.3, -0.25) is 4.99 Å². The van der Waals surface area contributed by atoms with E-state index in [2.05, 4.69) is 9.71 Å². The molecule has 25 heavy (non-hydrogen) atoms. The van der Waals surface area contributed by atoms with Gasteiger partial charge in [0.1, 0.15) is 0 Å². The Morgan fingerprint density at radius 3 is 2.52 bits per heavy atom. The SMILES string of the molecule is Cc1ccc(S(=O)(=O)N(C)SNC/C=N/c2ccc(Cl)cc2C)cc1. The fraction of sp³-hybridized carbons (Fsp3) is 0.235. The number of hydrogen-bond donors (Lipinski definition) is 1. The molecule has 0 atom stereocenters. The molecule has 2 rings (SSSR count). The van der Waals surface area contributed by atoms with Gasteiger partial charge in [-0.15, -0.1) is 3.71 Å². The van der Waals surface area contributed by atoms with Crippen molar-refractivity contribution < 1.29 is 8.42 Å². The van der Waals surface area contributed by atoms with Crippen molar-refractivity contribution in [2.75, 3.05) is 13.6 Å². The molecule has 0 fully saturated rings. The molecule has 0 heterocycles. The molecule has 5 nitrogen and oxygen atoms in total. The monoisotopic (exact) mass is 397 g/mol. The van der Waals surface area contributed by atoms with Crippen LogP contribution in [0, 0.1) is 13.8 Å². The summed E-state index contributed by atoms with van der Waals surface area (Å²) in [4.78, 5) is 4.61. The van der Waals surface area contributed by atoms with Crippen molar-refractivity contribution in [3.8, 4) is 0 Å². The summed E-state index contributed by atoms with van der Waals surface area (Å²) in [7, 11) is -2.02. The molecule has 0 saturated carbocycles. The molecule has 0 radical (unpaired) electrons. The van der Waals surface area contributed by atoms with Crippen molar-refractivity contribution in [3.05, 3.63) is 58.6 Å². The fourth-order valence-electron chi connectivity index (χ4n) is 1.98. The second-order valence-corrected chi connectivity index (χ2v) is 9.07. The molecule has 0 bridgehead atoms. The normalized spacial score (nSPS) is 12.2. The molecule has 0 unspecified atom stereocenters. The first kappa shape index (κ1) is 19.9. The fourth-order valence-corrected chi connectivity index (χ4v) is 4.12. The number of halogens is 1. The van der Waals surface area contributed by atoms with Crippen molar-refractivity contribution in [2.24, 2.45) is 4.99 Å². The maximum absolute atomic E-state index is 12.4. The lowest BCUT2D eigenvalue weighted by Gasteiger charge is -2.15. The van der Waals surface area contributed by atoms with Gasteiger partial charge in [-0.2, -0.15) is 0 Å². The average molecular weight is 398 g/mol. The summed E-state index contributed by atoms with van der Waals surface area (Å²) in [5, 5.41) is 0.674. The Morgan fingerprint density at radius 1 is 1.20 bits per heavy atom. The van der Waals surface area contributed by atoms with E-state index in [1.54, 1.807) is 36.5 Å². The third kappa shape index (κ3) is 5.55. The number of benzene rings is 2. The quantitative estimate of drug-likeness (QED) is 0.433. The highest BCUT2D eigenvalue weighted by Crippen LogP contribution is 2.22. The highest BCUT2D eigenvalue weighted by molar-refractivity contribution is 8.07. The number of sulfonamides is 1. The summed E-state index contributed by atoms with van der Waals surface area (Å²) in [6.07, 6.45) is 1.69. The molecule has 0 aliphatic carbocycles. The smallest absolute Gasteiger partial charge is 0.253 e. The Labute approximate surface area is 158 Å². The number of rotatable bonds is 7. The molecule has 0 amide bonds. The van der Waals surface area contributed by atoms with Crippen LogP contribution in [0.4, 0.5) is 5.69 Å². The Hall–Kier alpha value is -1.38. The summed E-state index contributed by atoms with van der Waals surface area (Å²) in [6.45, 7) is 4.27. The second kappa shape index (κ2) is 8.82. The molecule has 0 aliphatic heterocycles. The molecular weight excluding hydrogens is 378 g/mol. The number of aliphatic imine (C=N–C) groups is 1. The van der Waals surface area contributed by atoms with E-state index in [-0.39, 0.29) is 4.90 Å². The molecule has 0 aliphatic rings. The van der Waals surface area contributed by atoms with E-state index in [1.807, 2.05) is 26.0 Å². The van der Waals surface area contributed by atoms with Gasteiger partial charge < -0.3 is 0 Å². The standard InChI is InChI=1S/C17H20ClN3O2S2/c1-13-4-7-16(8-5-13)25(22,23)21(3)24-20-11-10-19-17-9-6-15(18)12-14(17)2/h4-10,12,20H,11H2,1-3H3/b19-10+. The van der Waals surface area contributed by atoms with Crippen LogP contribution in [0.2, 0.25) is 5.02 Å². The van der Waals surface area contributed by atoms with Crippen LogP contribution >= 0.6 is 23.7 Å². The van der Waals surface area contributed by atoms with E-state index in [9.17, 15) is 8.42 Å². The summed E-state index contributed by atoms with van der Waals surface area (Å²) in [6, 6.07) is 12.2. The first-order chi connectivity index (χ1) is 11.8. The number of hydrogen-bond acceptors (Lipinski definition) is 5. The lowest BCUT2D eigenvalue weighted by molar-refractivity contribution is 0.564.